The summed E-state index contributed by atoms with van der Waals surface area (Å²) in [7, 11) is 4.47. The topological polar surface area (TPSA) is 68.8 Å². The van der Waals surface area contributed by atoms with E-state index in [1.807, 2.05) is 0 Å². The third-order valence-electron chi connectivity index (χ3n) is 3.02. The normalized spacial score (nSPS) is 9.91. The number of methoxy groups -OCH3 is 3. The van der Waals surface area contributed by atoms with Crippen LogP contribution in [0.5, 0.6) is 17.2 Å². The molecule has 0 aliphatic heterocycles. The van der Waals surface area contributed by atoms with Crippen LogP contribution in [0.25, 0.3) is 0 Å². The van der Waals surface area contributed by atoms with Crippen LogP contribution in [0, 0.1) is 5.82 Å². The summed E-state index contributed by atoms with van der Waals surface area (Å²) in [5, 5.41) is 5.24. The Kier molecular flexibility index (Phi) is 5.24. The molecule has 0 bridgehead atoms. The van der Waals surface area contributed by atoms with Crippen molar-refractivity contribution in [3.05, 3.63) is 42.2 Å². The Morgan fingerprint density at radius 1 is 0.870 bits per heavy atom. The summed E-state index contributed by atoms with van der Waals surface area (Å²) in [6.45, 7) is 0. The molecule has 0 saturated heterocycles. The fourth-order valence-electron chi connectivity index (χ4n) is 1.98. The van der Waals surface area contributed by atoms with Gasteiger partial charge in [-0.2, -0.15) is 0 Å². The molecule has 0 fully saturated rings. The van der Waals surface area contributed by atoms with Crippen LogP contribution in [0.3, 0.4) is 0 Å². The summed E-state index contributed by atoms with van der Waals surface area (Å²) in [6.07, 6.45) is 0. The summed E-state index contributed by atoms with van der Waals surface area (Å²) in [5.74, 6) is 0.896. The summed E-state index contributed by atoms with van der Waals surface area (Å²) in [5.41, 5.74) is 0.926. The van der Waals surface area contributed by atoms with Crippen LogP contribution in [0.15, 0.2) is 36.4 Å². The maximum absolute atomic E-state index is 12.8. The van der Waals surface area contributed by atoms with Crippen molar-refractivity contribution in [3.8, 4) is 17.2 Å². The Balaban J connectivity index is 2.15. The van der Waals surface area contributed by atoms with Crippen molar-refractivity contribution < 1.29 is 23.4 Å². The molecule has 2 aromatic carbocycles. The lowest BCUT2D eigenvalue weighted by Gasteiger charge is -2.15. The number of urea groups is 1. The third kappa shape index (κ3) is 4.03. The summed E-state index contributed by atoms with van der Waals surface area (Å²) in [6, 6.07) is 8.17. The quantitative estimate of drug-likeness (QED) is 0.885. The predicted molar refractivity (Wildman–Crippen MR) is 85.1 cm³/mol. The first-order chi connectivity index (χ1) is 11.1. The van der Waals surface area contributed by atoms with Gasteiger partial charge >= 0.3 is 6.03 Å². The van der Waals surface area contributed by atoms with Gasteiger partial charge in [-0.3, -0.25) is 0 Å². The average molecular weight is 320 g/mol. The van der Waals surface area contributed by atoms with Gasteiger partial charge in [0.1, 0.15) is 5.82 Å². The molecule has 23 heavy (non-hydrogen) atoms. The lowest BCUT2D eigenvalue weighted by molar-refractivity contribution is 0.262. The zero-order chi connectivity index (χ0) is 16.8. The molecule has 6 nitrogen and oxygen atoms in total. The molecule has 122 valence electrons. The number of rotatable bonds is 5. The minimum atomic E-state index is -0.481. The number of hydrogen-bond acceptors (Lipinski definition) is 4. The van der Waals surface area contributed by atoms with Gasteiger partial charge in [0, 0.05) is 17.8 Å². The van der Waals surface area contributed by atoms with E-state index in [0.717, 1.165) is 0 Å². The van der Waals surface area contributed by atoms with E-state index in [0.29, 0.717) is 28.6 Å². The smallest absolute Gasteiger partial charge is 0.323 e. The van der Waals surface area contributed by atoms with Crippen LogP contribution in [0.1, 0.15) is 0 Å². The largest absolute Gasteiger partial charge is 0.493 e. The number of nitrogens with one attached hydrogen (secondary N) is 2. The first-order valence-electron chi connectivity index (χ1n) is 6.71. The molecule has 0 aliphatic rings. The van der Waals surface area contributed by atoms with Crippen LogP contribution >= 0.6 is 0 Å². The standard InChI is InChI=1S/C16H17FN2O4/c1-21-13-8-12(9-14(22-2)15(13)23-3)19-16(20)18-11-6-4-10(17)5-7-11/h4-9H,1-3H3,(H2,18,19,20). The molecular formula is C16H17FN2O4. The van der Waals surface area contributed by atoms with Crippen LogP contribution in [-0.2, 0) is 0 Å². The molecule has 0 unspecified atom stereocenters. The number of benzene rings is 2. The lowest BCUT2D eigenvalue weighted by atomic mass is 10.2. The van der Waals surface area contributed by atoms with E-state index in [1.165, 1.54) is 45.6 Å². The molecule has 0 atom stereocenters. The number of hydrogen-bond donors (Lipinski definition) is 2. The Hall–Kier alpha value is -2.96. The van der Waals surface area contributed by atoms with Crippen molar-refractivity contribution in [1.82, 2.24) is 0 Å². The van der Waals surface area contributed by atoms with Gasteiger partial charge in [0.15, 0.2) is 11.5 Å². The number of halogens is 1. The highest BCUT2D eigenvalue weighted by Crippen LogP contribution is 2.39. The minimum absolute atomic E-state index is 0.374. The maximum atomic E-state index is 12.8. The SMILES string of the molecule is COc1cc(NC(=O)Nc2ccc(F)cc2)cc(OC)c1OC. The van der Waals surface area contributed by atoms with Crippen molar-refractivity contribution in [2.24, 2.45) is 0 Å². The van der Waals surface area contributed by atoms with Gasteiger partial charge in [-0.1, -0.05) is 0 Å². The van der Waals surface area contributed by atoms with Gasteiger partial charge in [-0.25, -0.2) is 9.18 Å². The Morgan fingerprint density at radius 3 is 1.87 bits per heavy atom. The van der Waals surface area contributed by atoms with Crippen molar-refractivity contribution >= 4 is 17.4 Å². The second-order valence-electron chi connectivity index (χ2n) is 4.50. The Labute approximate surface area is 133 Å². The highest BCUT2D eigenvalue weighted by atomic mass is 19.1. The summed E-state index contributed by atoms with van der Waals surface area (Å²) in [4.78, 5) is 12.0. The highest BCUT2D eigenvalue weighted by Gasteiger charge is 2.14. The zero-order valence-electron chi connectivity index (χ0n) is 13.0. The molecule has 0 aromatic heterocycles. The fourth-order valence-corrected chi connectivity index (χ4v) is 1.98. The first kappa shape index (κ1) is 16.4. The van der Waals surface area contributed by atoms with Crippen molar-refractivity contribution in [2.45, 2.75) is 0 Å². The van der Waals surface area contributed by atoms with E-state index in [-0.39, 0.29) is 5.82 Å². The molecular weight excluding hydrogens is 303 g/mol. The fraction of sp³-hybridized carbons (Fsp3) is 0.188. The minimum Gasteiger partial charge on any atom is -0.493 e. The van der Waals surface area contributed by atoms with Crippen LogP contribution in [0.2, 0.25) is 0 Å². The van der Waals surface area contributed by atoms with E-state index in [9.17, 15) is 9.18 Å². The number of carbonyl (C=O) groups is 1. The van der Waals surface area contributed by atoms with Gasteiger partial charge in [-0.15, -0.1) is 0 Å². The Bertz CT molecular complexity index is 664. The molecule has 2 rings (SSSR count). The molecule has 2 aromatic rings. The number of ether oxygens (including phenoxy) is 3. The molecule has 7 heteroatoms. The number of anilines is 2. The van der Waals surface area contributed by atoms with Gasteiger partial charge < -0.3 is 24.8 Å². The Morgan fingerprint density at radius 2 is 1.39 bits per heavy atom. The second-order valence-corrected chi connectivity index (χ2v) is 4.50. The monoisotopic (exact) mass is 320 g/mol. The molecule has 0 spiro atoms. The van der Waals surface area contributed by atoms with Gasteiger partial charge in [-0.05, 0) is 24.3 Å². The highest BCUT2D eigenvalue weighted by molar-refractivity contribution is 6.00. The van der Waals surface area contributed by atoms with Gasteiger partial charge in [0.2, 0.25) is 5.75 Å². The van der Waals surface area contributed by atoms with Crippen molar-refractivity contribution in [1.29, 1.82) is 0 Å². The van der Waals surface area contributed by atoms with E-state index < -0.39 is 6.03 Å². The molecule has 0 radical (unpaired) electrons. The number of carbonyl (C=O) groups excluding carboxylic acids is 1. The van der Waals surface area contributed by atoms with Gasteiger partial charge in [0.25, 0.3) is 0 Å². The average Bonchev–Trinajstić information content (AvgIpc) is 2.55. The lowest BCUT2D eigenvalue weighted by Crippen LogP contribution is -2.19. The first-order valence-corrected chi connectivity index (χ1v) is 6.71. The summed E-state index contributed by atoms with van der Waals surface area (Å²) < 4.78 is 28.5. The zero-order valence-corrected chi connectivity index (χ0v) is 13.0. The maximum Gasteiger partial charge on any atom is 0.323 e. The molecule has 2 N–H and O–H groups in total. The van der Waals surface area contributed by atoms with E-state index in [1.54, 1.807) is 12.1 Å². The van der Waals surface area contributed by atoms with Crippen LogP contribution < -0.4 is 24.8 Å². The molecule has 2 amide bonds. The second kappa shape index (κ2) is 7.35. The third-order valence-corrected chi connectivity index (χ3v) is 3.02. The molecule has 0 heterocycles. The van der Waals surface area contributed by atoms with E-state index >= 15 is 0 Å². The van der Waals surface area contributed by atoms with Crippen LogP contribution in [-0.4, -0.2) is 27.4 Å². The van der Waals surface area contributed by atoms with Crippen molar-refractivity contribution in [3.63, 3.8) is 0 Å². The molecule has 0 aliphatic carbocycles. The van der Waals surface area contributed by atoms with Gasteiger partial charge in [0.05, 0.1) is 27.0 Å². The number of amides is 2. The van der Waals surface area contributed by atoms with E-state index in [2.05, 4.69) is 10.6 Å². The van der Waals surface area contributed by atoms with Crippen molar-refractivity contribution in [2.75, 3.05) is 32.0 Å². The molecule has 0 saturated carbocycles. The van der Waals surface area contributed by atoms with Crippen LogP contribution in [0.4, 0.5) is 20.6 Å². The van der Waals surface area contributed by atoms with E-state index in [4.69, 9.17) is 14.2 Å². The predicted octanol–water partition coefficient (Wildman–Crippen LogP) is 3.50. The summed E-state index contributed by atoms with van der Waals surface area (Å²) >= 11 is 0.